The molecule has 4 aliphatic carbocycles. The molecule has 0 bridgehead atoms. The second kappa shape index (κ2) is 8.86. The Morgan fingerprint density at radius 3 is 2.12 bits per heavy atom. The summed E-state index contributed by atoms with van der Waals surface area (Å²) >= 11 is 0. The average Bonchev–Trinajstić information content (AvgIpc) is 3.09. The van der Waals surface area contributed by atoms with Gasteiger partial charge in [0.2, 0.25) is 0 Å². The van der Waals surface area contributed by atoms with Crippen molar-refractivity contribution in [1.82, 2.24) is 0 Å². The molecule has 4 nitrogen and oxygen atoms in total. The molecule has 0 aromatic rings. The van der Waals surface area contributed by atoms with Gasteiger partial charge in [-0.1, -0.05) is 47.5 Å². The monoisotopic (exact) mass is 460 g/mol. The Bertz CT molecular complexity index is 745. The van der Waals surface area contributed by atoms with E-state index in [1.54, 1.807) is 0 Å². The number of carboxylic acid groups (broad SMARTS) is 2. The molecule has 0 spiro atoms. The fourth-order valence-electron chi connectivity index (χ4n) is 10.2. The lowest BCUT2D eigenvalue weighted by Gasteiger charge is -2.61. The molecule has 0 aromatic heterocycles. The van der Waals surface area contributed by atoms with Gasteiger partial charge in [-0.05, 0) is 116 Å². The molecule has 0 aromatic carbocycles. The molecule has 4 saturated carbocycles. The van der Waals surface area contributed by atoms with Crippen molar-refractivity contribution in [2.75, 3.05) is 0 Å². The SMILES string of the molecule is CC(C)CC(C[C@@H](C)[C@H]1CC[C@H]2[C@@H]3CCC4CCCC[C@]4(C)[C@H]3CC[C@]12C)(C(=O)O)C(=O)O. The summed E-state index contributed by atoms with van der Waals surface area (Å²) in [5.74, 6) is 1.63. The maximum absolute atomic E-state index is 12.3. The number of aliphatic carboxylic acids is 2. The van der Waals surface area contributed by atoms with Crippen LogP contribution >= 0.6 is 0 Å². The van der Waals surface area contributed by atoms with Crippen molar-refractivity contribution < 1.29 is 19.8 Å². The molecule has 2 N–H and O–H groups in total. The molecule has 33 heavy (non-hydrogen) atoms. The molecule has 4 aliphatic rings. The van der Waals surface area contributed by atoms with E-state index < -0.39 is 17.4 Å². The van der Waals surface area contributed by atoms with Crippen molar-refractivity contribution in [3.8, 4) is 0 Å². The third kappa shape index (κ3) is 3.96. The Morgan fingerprint density at radius 1 is 0.818 bits per heavy atom. The summed E-state index contributed by atoms with van der Waals surface area (Å²) in [7, 11) is 0. The van der Waals surface area contributed by atoms with Crippen LogP contribution in [0.3, 0.4) is 0 Å². The Kier molecular flexibility index (Phi) is 6.73. The van der Waals surface area contributed by atoms with E-state index in [9.17, 15) is 19.8 Å². The number of carboxylic acids is 2. The van der Waals surface area contributed by atoms with Gasteiger partial charge in [-0.15, -0.1) is 0 Å². The number of hydrogen-bond donors (Lipinski definition) is 2. The second-order valence-electron chi connectivity index (χ2n) is 13.6. The Morgan fingerprint density at radius 2 is 1.48 bits per heavy atom. The maximum atomic E-state index is 12.3. The first-order valence-corrected chi connectivity index (χ1v) is 13.9. The van der Waals surface area contributed by atoms with Gasteiger partial charge < -0.3 is 10.2 Å². The van der Waals surface area contributed by atoms with Gasteiger partial charge in [0.1, 0.15) is 0 Å². The molecule has 4 rings (SSSR count). The molecule has 8 atom stereocenters. The summed E-state index contributed by atoms with van der Waals surface area (Å²) in [5, 5.41) is 20.1. The third-order valence-electron chi connectivity index (χ3n) is 11.6. The van der Waals surface area contributed by atoms with Crippen LogP contribution in [0.2, 0.25) is 0 Å². The van der Waals surface area contributed by atoms with E-state index in [0.717, 1.165) is 30.1 Å². The Labute approximate surface area is 201 Å². The fraction of sp³-hybridized carbons (Fsp3) is 0.931. The van der Waals surface area contributed by atoms with E-state index in [2.05, 4.69) is 20.8 Å². The first-order valence-electron chi connectivity index (χ1n) is 13.9. The van der Waals surface area contributed by atoms with Gasteiger partial charge in [-0.2, -0.15) is 0 Å². The van der Waals surface area contributed by atoms with Gasteiger partial charge in [-0.25, -0.2) is 0 Å². The van der Waals surface area contributed by atoms with Crippen molar-refractivity contribution in [1.29, 1.82) is 0 Å². The van der Waals surface area contributed by atoms with Crippen LogP contribution in [0.4, 0.5) is 0 Å². The van der Waals surface area contributed by atoms with E-state index in [-0.39, 0.29) is 30.1 Å². The Hall–Kier alpha value is -1.06. The van der Waals surface area contributed by atoms with Gasteiger partial charge in [0, 0.05) is 0 Å². The van der Waals surface area contributed by atoms with Crippen molar-refractivity contribution in [2.24, 2.45) is 57.7 Å². The minimum Gasteiger partial charge on any atom is -0.480 e. The van der Waals surface area contributed by atoms with Crippen molar-refractivity contribution in [3.05, 3.63) is 0 Å². The Balaban J connectivity index is 1.55. The molecular weight excluding hydrogens is 412 g/mol. The topological polar surface area (TPSA) is 74.6 Å². The lowest BCUT2D eigenvalue weighted by Crippen LogP contribution is -2.53. The van der Waals surface area contributed by atoms with Crippen LogP contribution in [0, 0.1) is 57.7 Å². The smallest absolute Gasteiger partial charge is 0.321 e. The minimum atomic E-state index is -1.66. The first-order chi connectivity index (χ1) is 15.5. The summed E-state index contributed by atoms with van der Waals surface area (Å²) in [5.41, 5.74) is -0.892. The van der Waals surface area contributed by atoms with Gasteiger partial charge in [-0.3, -0.25) is 9.59 Å². The van der Waals surface area contributed by atoms with Crippen LogP contribution in [0.1, 0.15) is 112 Å². The fourth-order valence-corrected chi connectivity index (χ4v) is 10.2. The molecular formula is C29H48O4. The summed E-state index contributed by atoms with van der Waals surface area (Å²) in [6.07, 6.45) is 13.9. The number of carbonyl (C=O) groups is 2. The van der Waals surface area contributed by atoms with Crippen LogP contribution in [0.5, 0.6) is 0 Å². The van der Waals surface area contributed by atoms with Crippen molar-refractivity contribution in [3.63, 3.8) is 0 Å². The van der Waals surface area contributed by atoms with Crippen LogP contribution < -0.4 is 0 Å². The summed E-state index contributed by atoms with van der Waals surface area (Å²) in [6.45, 7) is 11.1. The van der Waals surface area contributed by atoms with Gasteiger partial charge in [0.25, 0.3) is 0 Å². The molecule has 0 radical (unpaired) electrons. The first kappa shape index (κ1) is 25.0. The van der Waals surface area contributed by atoms with Crippen molar-refractivity contribution >= 4 is 11.9 Å². The minimum absolute atomic E-state index is 0.0400. The van der Waals surface area contributed by atoms with E-state index >= 15 is 0 Å². The molecule has 1 unspecified atom stereocenters. The average molecular weight is 461 g/mol. The standard InChI is InChI=1S/C29H48O4/c1-18(2)16-29(25(30)31,26(32)33)17-19(3)22-11-12-23-21-10-9-20-8-6-7-14-27(20,4)24(21)13-15-28(22,23)5/h18-24H,6-17H2,1-5H3,(H,30,31)(H,32,33)/t19-,20?,21+,22-,23+,24+,27+,28-/m1/s1. The zero-order valence-electron chi connectivity index (χ0n) is 21.7. The largest absolute Gasteiger partial charge is 0.480 e. The van der Waals surface area contributed by atoms with Gasteiger partial charge in [0.05, 0.1) is 0 Å². The summed E-state index contributed by atoms with van der Waals surface area (Å²) in [6, 6.07) is 0. The molecule has 4 heteroatoms. The lowest BCUT2D eigenvalue weighted by atomic mass is 9.44. The highest BCUT2D eigenvalue weighted by Gasteiger charge is 2.61. The molecule has 0 amide bonds. The van der Waals surface area contributed by atoms with E-state index in [1.165, 1.54) is 57.8 Å². The highest BCUT2D eigenvalue weighted by molar-refractivity contribution is 5.98. The molecule has 0 heterocycles. The molecule has 4 fully saturated rings. The highest BCUT2D eigenvalue weighted by atomic mass is 16.4. The maximum Gasteiger partial charge on any atom is 0.321 e. The van der Waals surface area contributed by atoms with E-state index in [0.29, 0.717) is 11.3 Å². The van der Waals surface area contributed by atoms with E-state index in [1.807, 2.05) is 13.8 Å². The van der Waals surface area contributed by atoms with Crippen LogP contribution in [-0.2, 0) is 9.59 Å². The zero-order chi connectivity index (χ0) is 24.2. The molecule has 0 aliphatic heterocycles. The summed E-state index contributed by atoms with van der Waals surface area (Å²) < 4.78 is 0. The van der Waals surface area contributed by atoms with Gasteiger partial charge >= 0.3 is 11.9 Å². The van der Waals surface area contributed by atoms with Crippen LogP contribution in [0.15, 0.2) is 0 Å². The zero-order valence-corrected chi connectivity index (χ0v) is 21.7. The number of hydrogen-bond acceptors (Lipinski definition) is 2. The predicted octanol–water partition coefficient (Wildman–Crippen LogP) is 7.26. The quantitative estimate of drug-likeness (QED) is 0.392. The molecule has 188 valence electrons. The summed E-state index contributed by atoms with van der Waals surface area (Å²) in [4.78, 5) is 24.6. The second-order valence-corrected chi connectivity index (χ2v) is 13.6. The number of fused-ring (bicyclic) bond motifs is 5. The van der Waals surface area contributed by atoms with Gasteiger partial charge in [0.15, 0.2) is 5.41 Å². The third-order valence-corrected chi connectivity index (χ3v) is 11.6. The van der Waals surface area contributed by atoms with E-state index in [4.69, 9.17) is 0 Å². The lowest BCUT2D eigenvalue weighted by molar-refractivity contribution is -0.168. The predicted molar refractivity (Wildman–Crippen MR) is 131 cm³/mol. The number of rotatable bonds is 7. The van der Waals surface area contributed by atoms with Crippen LogP contribution in [0.25, 0.3) is 0 Å². The highest BCUT2D eigenvalue weighted by Crippen LogP contribution is 2.68. The van der Waals surface area contributed by atoms with Crippen LogP contribution in [-0.4, -0.2) is 22.2 Å². The van der Waals surface area contributed by atoms with Crippen molar-refractivity contribution in [2.45, 2.75) is 112 Å². The normalized spacial score (nSPS) is 41.7. The molecule has 0 saturated heterocycles.